The van der Waals surface area contributed by atoms with Gasteiger partial charge >= 0.3 is 0 Å². The van der Waals surface area contributed by atoms with Crippen molar-refractivity contribution in [1.82, 2.24) is 9.88 Å². The van der Waals surface area contributed by atoms with Crippen molar-refractivity contribution >= 4 is 11.7 Å². The van der Waals surface area contributed by atoms with Gasteiger partial charge in [0.2, 0.25) is 0 Å². The van der Waals surface area contributed by atoms with E-state index in [1.165, 1.54) is 11.3 Å². The van der Waals surface area contributed by atoms with Gasteiger partial charge in [-0.05, 0) is 25.0 Å². The van der Waals surface area contributed by atoms with Gasteiger partial charge in [-0.3, -0.25) is 0 Å². The number of hydrogen-bond donors (Lipinski definition) is 2. The van der Waals surface area contributed by atoms with Gasteiger partial charge in [0.1, 0.15) is 11.7 Å². The summed E-state index contributed by atoms with van der Waals surface area (Å²) in [6, 6.07) is 2.13. The minimum Gasteiger partial charge on any atom is -0.385 e. The molecule has 3 N–H and O–H groups in total. The number of rotatable bonds is 3. The molecule has 5 nitrogen and oxygen atoms in total. The molecular weight excluding hydrogens is 238 g/mol. The molecule has 0 amide bonds. The Labute approximate surface area is 114 Å². The molecule has 0 bridgehead atoms. The molecule has 0 radical (unpaired) electrons. The van der Waals surface area contributed by atoms with Crippen LogP contribution < -0.4 is 5.73 Å². The van der Waals surface area contributed by atoms with Crippen molar-refractivity contribution in [2.45, 2.75) is 27.2 Å². The highest BCUT2D eigenvalue weighted by molar-refractivity contribution is 5.94. The summed E-state index contributed by atoms with van der Waals surface area (Å²) >= 11 is 0. The average Bonchev–Trinajstić information content (AvgIpc) is 2.79. The fourth-order valence-electron chi connectivity index (χ4n) is 2.35. The lowest BCUT2D eigenvalue weighted by molar-refractivity contribution is 0.444. The Morgan fingerprint density at radius 1 is 1.32 bits per heavy atom. The number of nitrogens with zero attached hydrogens (tertiary/aromatic N) is 3. The maximum Gasteiger partial charge on any atom is 0.130 e. The molecule has 2 heterocycles. The second-order valence-electron chi connectivity index (χ2n) is 5.36. The molecule has 0 aliphatic carbocycles. The van der Waals surface area contributed by atoms with Crippen LogP contribution in [0, 0.1) is 18.8 Å². The Bertz CT molecular complexity index is 500. The molecule has 2 unspecified atom stereocenters. The predicted octanol–water partition coefficient (Wildman–Crippen LogP) is 1.75. The molecule has 1 aromatic heterocycles. The maximum atomic E-state index is 5.82. The van der Waals surface area contributed by atoms with E-state index in [2.05, 4.69) is 54.0 Å². The van der Waals surface area contributed by atoms with E-state index in [4.69, 9.17) is 5.73 Å². The Morgan fingerprint density at radius 2 is 2.05 bits per heavy atom. The van der Waals surface area contributed by atoms with E-state index in [0.29, 0.717) is 11.8 Å². The van der Waals surface area contributed by atoms with E-state index >= 15 is 0 Å². The zero-order valence-corrected chi connectivity index (χ0v) is 12.1. The molecule has 1 aliphatic heterocycles. The van der Waals surface area contributed by atoms with Crippen LogP contribution in [-0.4, -0.2) is 35.1 Å². The van der Waals surface area contributed by atoms with Crippen molar-refractivity contribution in [3.63, 3.8) is 0 Å². The van der Waals surface area contributed by atoms with E-state index < -0.39 is 0 Å². The number of hydrogen-bond acceptors (Lipinski definition) is 4. The highest BCUT2D eigenvalue weighted by Crippen LogP contribution is 2.19. The summed E-state index contributed by atoms with van der Waals surface area (Å²) in [6.07, 6.45) is 2.99. The van der Waals surface area contributed by atoms with Gasteiger partial charge in [0, 0.05) is 37.3 Å². The molecule has 0 saturated heterocycles. The van der Waals surface area contributed by atoms with Gasteiger partial charge in [0.25, 0.3) is 0 Å². The van der Waals surface area contributed by atoms with E-state index in [1.807, 2.05) is 6.20 Å². The summed E-state index contributed by atoms with van der Waals surface area (Å²) in [5, 5.41) is 8.32. The lowest BCUT2D eigenvalue weighted by Gasteiger charge is -2.30. The number of likely N-dealkylation sites (N-methyl/N-ethyl adjacent to an activating group) is 1. The number of amidine groups is 2. The molecule has 104 valence electrons. The van der Waals surface area contributed by atoms with Crippen LogP contribution in [0.15, 0.2) is 22.5 Å². The molecule has 0 aromatic carbocycles. The number of aryl methyl sites for hydroxylation is 1. The SMILES string of the molecule is Cc1[nH]ccc1CCN(C)C1=NN=C(N)C(C)C1C. The fraction of sp³-hybridized carbons (Fsp3) is 0.571. The van der Waals surface area contributed by atoms with Crippen molar-refractivity contribution in [3.05, 3.63) is 23.5 Å². The highest BCUT2D eigenvalue weighted by atomic mass is 15.3. The predicted molar refractivity (Wildman–Crippen MR) is 79.2 cm³/mol. The van der Waals surface area contributed by atoms with E-state index in [1.54, 1.807) is 0 Å². The molecule has 2 atom stereocenters. The maximum absolute atomic E-state index is 5.82. The molecule has 1 aromatic rings. The molecule has 1 aliphatic rings. The number of nitrogens with one attached hydrogen (secondary N) is 1. The first kappa shape index (κ1) is 13.6. The van der Waals surface area contributed by atoms with E-state index in [0.717, 1.165) is 18.8 Å². The summed E-state index contributed by atoms with van der Waals surface area (Å²) < 4.78 is 0. The minimum absolute atomic E-state index is 0.254. The van der Waals surface area contributed by atoms with Crippen LogP contribution in [0.1, 0.15) is 25.1 Å². The second kappa shape index (κ2) is 5.47. The summed E-state index contributed by atoms with van der Waals surface area (Å²) in [5.41, 5.74) is 8.41. The van der Waals surface area contributed by atoms with Crippen molar-refractivity contribution in [1.29, 1.82) is 0 Å². The Hall–Kier alpha value is -1.78. The average molecular weight is 261 g/mol. The molecule has 19 heavy (non-hydrogen) atoms. The quantitative estimate of drug-likeness (QED) is 0.870. The van der Waals surface area contributed by atoms with Crippen LogP contribution in [0.4, 0.5) is 0 Å². The first-order valence-corrected chi connectivity index (χ1v) is 6.75. The lowest BCUT2D eigenvalue weighted by atomic mass is 9.92. The number of nitrogens with two attached hydrogens (primary N) is 1. The number of aromatic nitrogens is 1. The standard InChI is InChI=1S/C14H23N5/c1-9-10(2)14(18-17-13(9)15)19(4)8-6-12-5-7-16-11(12)3/h5,7,9-10,16H,6,8H2,1-4H3,(H2,15,17). The second-order valence-corrected chi connectivity index (χ2v) is 5.36. The van der Waals surface area contributed by atoms with Crippen molar-refractivity contribution < 1.29 is 0 Å². The van der Waals surface area contributed by atoms with Crippen molar-refractivity contribution in [2.24, 2.45) is 27.8 Å². The van der Waals surface area contributed by atoms with Crippen LogP contribution in [-0.2, 0) is 6.42 Å². The topological polar surface area (TPSA) is 69.8 Å². The van der Waals surface area contributed by atoms with Gasteiger partial charge < -0.3 is 15.6 Å². The zero-order chi connectivity index (χ0) is 14.0. The largest absolute Gasteiger partial charge is 0.385 e. The molecule has 0 saturated carbocycles. The third kappa shape index (κ3) is 2.80. The first-order chi connectivity index (χ1) is 9.00. The molecule has 5 heteroatoms. The molecule has 0 fully saturated rings. The normalized spacial score (nSPS) is 22.9. The van der Waals surface area contributed by atoms with Gasteiger partial charge in [-0.15, -0.1) is 10.2 Å². The third-order valence-electron chi connectivity index (χ3n) is 4.07. The molecule has 0 spiro atoms. The summed E-state index contributed by atoms with van der Waals surface area (Å²) in [5.74, 6) is 2.22. The summed E-state index contributed by atoms with van der Waals surface area (Å²) in [7, 11) is 2.07. The summed E-state index contributed by atoms with van der Waals surface area (Å²) in [6.45, 7) is 7.29. The Balaban J connectivity index is 2.00. The minimum atomic E-state index is 0.254. The van der Waals surface area contributed by atoms with Crippen molar-refractivity contribution in [3.8, 4) is 0 Å². The first-order valence-electron chi connectivity index (χ1n) is 6.75. The lowest BCUT2D eigenvalue weighted by Crippen LogP contribution is -2.42. The van der Waals surface area contributed by atoms with Gasteiger partial charge in [0.15, 0.2) is 0 Å². The number of aromatic amines is 1. The van der Waals surface area contributed by atoms with Crippen LogP contribution in [0.2, 0.25) is 0 Å². The Morgan fingerprint density at radius 3 is 2.68 bits per heavy atom. The van der Waals surface area contributed by atoms with Gasteiger partial charge in [0.05, 0.1) is 0 Å². The Kier molecular flexibility index (Phi) is 3.93. The highest BCUT2D eigenvalue weighted by Gasteiger charge is 2.27. The zero-order valence-electron chi connectivity index (χ0n) is 12.1. The molecular formula is C14H23N5. The third-order valence-corrected chi connectivity index (χ3v) is 4.07. The van der Waals surface area contributed by atoms with Crippen molar-refractivity contribution in [2.75, 3.05) is 13.6 Å². The van der Waals surface area contributed by atoms with Crippen LogP contribution >= 0.6 is 0 Å². The van der Waals surface area contributed by atoms with Crippen LogP contribution in [0.25, 0.3) is 0 Å². The number of H-pyrrole nitrogens is 1. The molecule has 2 rings (SSSR count). The smallest absolute Gasteiger partial charge is 0.130 e. The van der Waals surface area contributed by atoms with Crippen LogP contribution in [0.3, 0.4) is 0 Å². The van der Waals surface area contributed by atoms with E-state index in [9.17, 15) is 0 Å². The van der Waals surface area contributed by atoms with Gasteiger partial charge in [-0.25, -0.2) is 0 Å². The summed E-state index contributed by atoms with van der Waals surface area (Å²) in [4.78, 5) is 5.39. The van der Waals surface area contributed by atoms with Crippen LogP contribution in [0.5, 0.6) is 0 Å². The van der Waals surface area contributed by atoms with Gasteiger partial charge in [-0.1, -0.05) is 13.8 Å². The van der Waals surface area contributed by atoms with Gasteiger partial charge in [-0.2, -0.15) is 0 Å². The monoisotopic (exact) mass is 261 g/mol. The van der Waals surface area contributed by atoms with E-state index in [-0.39, 0.29) is 5.92 Å². The fourth-order valence-corrected chi connectivity index (χ4v) is 2.35.